The first-order valence-electron chi connectivity index (χ1n) is 5.37. The topological polar surface area (TPSA) is 74.5 Å². The first kappa shape index (κ1) is 11.7. The molecule has 0 bridgehead atoms. The van der Waals surface area contributed by atoms with E-state index >= 15 is 0 Å². The summed E-state index contributed by atoms with van der Waals surface area (Å²) in [7, 11) is 0. The Bertz CT molecular complexity index is 618. The highest BCUT2D eigenvalue weighted by Gasteiger charge is 2.09. The van der Waals surface area contributed by atoms with Crippen molar-refractivity contribution in [1.82, 2.24) is 9.35 Å². The molecule has 0 aromatic carbocycles. The van der Waals surface area contributed by atoms with Crippen molar-refractivity contribution in [3.63, 3.8) is 0 Å². The van der Waals surface area contributed by atoms with Crippen LogP contribution in [0.3, 0.4) is 0 Å². The van der Waals surface area contributed by atoms with E-state index in [1.54, 1.807) is 27.8 Å². The first-order valence-corrected chi connectivity index (χ1v) is 5.37. The van der Waals surface area contributed by atoms with Crippen molar-refractivity contribution in [3.05, 3.63) is 47.5 Å². The number of nitrogens with zero attached hydrogens (tertiary/aromatic N) is 4. The minimum Gasteiger partial charge on any atom is -0.298 e. The molecular weight excluding hydrogens is 228 g/mol. The summed E-state index contributed by atoms with van der Waals surface area (Å²) >= 11 is 0. The number of rotatable bonds is 4. The van der Waals surface area contributed by atoms with Crippen molar-refractivity contribution in [3.8, 4) is 12.1 Å². The van der Waals surface area contributed by atoms with Crippen LogP contribution in [0.4, 0.5) is 0 Å². The number of aldehydes is 1. The maximum atomic E-state index is 10.7. The van der Waals surface area contributed by atoms with Crippen LogP contribution in [0.2, 0.25) is 0 Å². The van der Waals surface area contributed by atoms with Crippen LogP contribution in [0, 0.1) is 22.7 Å². The average molecular weight is 238 g/mol. The van der Waals surface area contributed by atoms with Gasteiger partial charge in [0.05, 0.1) is 36.4 Å². The fraction of sp³-hybridized carbons (Fsp3) is 0.154. The van der Waals surface area contributed by atoms with Crippen LogP contribution in [0.15, 0.2) is 30.6 Å². The third-order valence-electron chi connectivity index (χ3n) is 2.60. The van der Waals surface area contributed by atoms with Crippen LogP contribution < -0.4 is 0 Å². The molecule has 0 spiro atoms. The molecule has 2 aromatic heterocycles. The number of carbonyl (C=O) groups excluding carboxylic acids is 1. The zero-order valence-electron chi connectivity index (χ0n) is 9.58. The van der Waals surface area contributed by atoms with Crippen LogP contribution >= 0.6 is 0 Å². The third kappa shape index (κ3) is 2.02. The Morgan fingerprint density at radius 2 is 1.72 bits per heavy atom. The summed E-state index contributed by atoms with van der Waals surface area (Å²) in [5, 5.41) is 17.6. The van der Waals surface area contributed by atoms with Crippen LogP contribution in [0.5, 0.6) is 0 Å². The monoisotopic (exact) mass is 238 g/mol. The molecule has 2 aromatic rings. The van der Waals surface area contributed by atoms with Gasteiger partial charge in [0.2, 0.25) is 0 Å². The van der Waals surface area contributed by atoms with E-state index in [1.807, 2.05) is 12.1 Å². The number of aromatic nitrogens is 2. The highest BCUT2D eigenvalue weighted by Crippen LogP contribution is 2.12. The van der Waals surface area contributed by atoms with Gasteiger partial charge >= 0.3 is 0 Å². The lowest BCUT2D eigenvalue weighted by molar-refractivity contribution is 0.112. The zero-order valence-corrected chi connectivity index (χ0v) is 9.58. The lowest BCUT2D eigenvalue weighted by Gasteiger charge is -2.11. The highest BCUT2D eigenvalue weighted by atomic mass is 16.1. The van der Waals surface area contributed by atoms with Gasteiger partial charge in [-0.15, -0.1) is 0 Å². The van der Waals surface area contributed by atoms with Gasteiger partial charge in [-0.2, -0.15) is 10.5 Å². The van der Waals surface area contributed by atoms with Crippen molar-refractivity contribution in [1.29, 1.82) is 10.5 Å². The average Bonchev–Trinajstić information content (AvgIpc) is 2.97. The molecule has 5 nitrogen and oxygen atoms in total. The summed E-state index contributed by atoms with van der Waals surface area (Å²) in [6.07, 6.45) is 4.65. The Morgan fingerprint density at radius 3 is 2.17 bits per heavy atom. The lowest BCUT2D eigenvalue weighted by Crippen LogP contribution is -2.13. The molecule has 0 saturated heterocycles. The second-order valence-electron chi connectivity index (χ2n) is 3.74. The summed E-state index contributed by atoms with van der Waals surface area (Å²) in [4.78, 5) is 10.7. The van der Waals surface area contributed by atoms with E-state index < -0.39 is 0 Å². The maximum absolute atomic E-state index is 10.7. The molecule has 2 rings (SSSR count). The van der Waals surface area contributed by atoms with Gasteiger partial charge in [0.15, 0.2) is 6.29 Å². The largest absolute Gasteiger partial charge is 0.298 e. The normalized spacial score (nSPS) is 9.67. The van der Waals surface area contributed by atoms with Gasteiger partial charge in [0, 0.05) is 18.0 Å². The molecule has 88 valence electrons. The second-order valence-corrected chi connectivity index (χ2v) is 3.74. The van der Waals surface area contributed by atoms with Gasteiger partial charge < -0.3 is 0 Å². The van der Waals surface area contributed by atoms with Crippen LogP contribution in [-0.4, -0.2) is 15.6 Å². The molecule has 0 aliphatic carbocycles. The van der Waals surface area contributed by atoms with Crippen LogP contribution in [0.25, 0.3) is 0 Å². The molecule has 0 aliphatic heterocycles. The molecule has 5 heteroatoms. The SMILES string of the molecule is N#CCc1ccc(CC#N)n1-n1ccc(C=O)c1. The first-order chi connectivity index (χ1) is 8.80. The Balaban J connectivity index is 2.52. The number of nitriles is 2. The molecule has 0 atom stereocenters. The summed E-state index contributed by atoms with van der Waals surface area (Å²) < 4.78 is 3.49. The predicted octanol–water partition coefficient (Wildman–Crippen LogP) is 1.55. The summed E-state index contributed by atoms with van der Waals surface area (Å²) in [5.74, 6) is 0. The Morgan fingerprint density at radius 1 is 1.11 bits per heavy atom. The third-order valence-corrected chi connectivity index (χ3v) is 2.60. The van der Waals surface area contributed by atoms with E-state index in [1.165, 1.54) is 0 Å². The minimum absolute atomic E-state index is 0.250. The van der Waals surface area contributed by atoms with E-state index in [2.05, 4.69) is 12.1 Å². The van der Waals surface area contributed by atoms with Gasteiger partial charge in [-0.1, -0.05) is 0 Å². The smallest absolute Gasteiger partial charge is 0.151 e. The second kappa shape index (κ2) is 5.03. The van der Waals surface area contributed by atoms with Crippen molar-refractivity contribution in [2.75, 3.05) is 0 Å². The van der Waals surface area contributed by atoms with Gasteiger partial charge in [-0.3, -0.25) is 14.1 Å². The van der Waals surface area contributed by atoms with Crippen LogP contribution in [0.1, 0.15) is 21.7 Å². The van der Waals surface area contributed by atoms with Gasteiger partial charge in [-0.25, -0.2) is 0 Å². The maximum Gasteiger partial charge on any atom is 0.151 e. The molecule has 0 unspecified atom stereocenters. The Kier molecular flexibility index (Phi) is 3.26. The van der Waals surface area contributed by atoms with Gasteiger partial charge in [0.25, 0.3) is 0 Å². The van der Waals surface area contributed by atoms with Gasteiger partial charge in [0.1, 0.15) is 0 Å². The summed E-state index contributed by atoms with van der Waals surface area (Å²) in [6.45, 7) is 0. The van der Waals surface area contributed by atoms with Crippen molar-refractivity contribution < 1.29 is 4.79 Å². The molecule has 18 heavy (non-hydrogen) atoms. The Labute approximate surface area is 104 Å². The number of carbonyl (C=O) groups is 1. The fourth-order valence-corrected chi connectivity index (χ4v) is 1.84. The van der Waals surface area contributed by atoms with E-state index in [0.717, 1.165) is 17.7 Å². The molecule has 2 heterocycles. The molecule has 0 saturated carbocycles. The summed E-state index contributed by atoms with van der Waals surface area (Å²) in [6, 6.07) is 9.48. The highest BCUT2D eigenvalue weighted by molar-refractivity contribution is 5.74. The minimum atomic E-state index is 0.250. The number of hydrogen-bond donors (Lipinski definition) is 0. The molecule has 0 N–H and O–H groups in total. The molecule has 0 amide bonds. The lowest BCUT2D eigenvalue weighted by atomic mass is 10.3. The van der Waals surface area contributed by atoms with E-state index in [0.29, 0.717) is 5.56 Å². The van der Waals surface area contributed by atoms with E-state index in [-0.39, 0.29) is 12.8 Å². The van der Waals surface area contributed by atoms with Crippen molar-refractivity contribution in [2.24, 2.45) is 0 Å². The molecule has 0 radical (unpaired) electrons. The molecular formula is C13H10N4O. The van der Waals surface area contributed by atoms with Crippen molar-refractivity contribution >= 4 is 6.29 Å². The van der Waals surface area contributed by atoms with Crippen molar-refractivity contribution in [2.45, 2.75) is 12.8 Å². The predicted molar refractivity (Wildman–Crippen MR) is 63.7 cm³/mol. The Hall–Kier alpha value is -2.79. The van der Waals surface area contributed by atoms with E-state index in [9.17, 15) is 4.79 Å². The van der Waals surface area contributed by atoms with E-state index in [4.69, 9.17) is 10.5 Å². The number of hydrogen-bond acceptors (Lipinski definition) is 3. The summed E-state index contributed by atoms with van der Waals surface area (Å²) in [5.41, 5.74) is 2.13. The van der Waals surface area contributed by atoms with Gasteiger partial charge in [-0.05, 0) is 18.2 Å². The van der Waals surface area contributed by atoms with Crippen LogP contribution in [-0.2, 0) is 12.8 Å². The quantitative estimate of drug-likeness (QED) is 0.758. The zero-order chi connectivity index (χ0) is 13.0. The fourth-order valence-electron chi connectivity index (χ4n) is 1.84. The standard InChI is InChI=1S/C13H10N4O/c14-6-3-12-1-2-13(4-7-15)17(12)16-8-5-11(9-16)10-18/h1-2,5,8-10H,3-4H2. The molecule has 0 fully saturated rings. The molecule has 0 aliphatic rings.